The van der Waals surface area contributed by atoms with Crippen molar-refractivity contribution >= 4 is 27.4 Å². The van der Waals surface area contributed by atoms with Gasteiger partial charge in [0.25, 0.3) is 11.9 Å². The number of hydrogen-bond donors (Lipinski definition) is 0. The van der Waals surface area contributed by atoms with Gasteiger partial charge in [-0.05, 0) is 19.8 Å². The van der Waals surface area contributed by atoms with Crippen LogP contribution in [0.15, 0.2) is 12.2 Å². The summed E-state index contributed by atoms with van der Waals surface area (Å²) in [5.41, 5.74) is 0. The summed E-state index contributed by atoms with van der Waals surface area (Å²) in [7, 11) is -2.75. The lowest BCUT2D eigenvalue weighted by atomic mass is 10.3. The van der Waals surface area contributed by atoms with E-state index in [0.29, 0.717) is 12.8 Å². The van der Waals surface area contributed by atoms with Crippen LogP contribution in [0.3, 0.4) is 0 Å². The van der Waals surface area contributed by atoms with Crippen LogP contribution in [0.1, 0.15) is 33.6 Å². The van der Waals surface area contributed by atoms with Crippen LogP contribution in [0, 0.1) is 0 Å². The Morgan fingerprint density at radius 3 is 2.05 bits per heavy atom. The minimum absolute atomic E-state index is 0.263. The fourth-order valence-electron chi connectivity index (χ4n) is 1.10. The fraction of sp³-hybridized carbons (Fsp3) is 0.583. The Hall–Kier alpha value is -1.67. The van der Waals surface area contributed by atoms with Gasteiger partial charge in [-0.2, -0.15) is 0 Å². The highest BCUT2D eigenvalue weighted by atomic mass is 28.3. The quantitative estimate of drug-likeness (QED) is 0.269. The zero-order valence-corrected chi connectivity index (χ0v) is 13.1. The molecule has 0 aromatic carbocycles. The second-order valence-corrected chi connectivity index (χ2v) is 5.14. The maximum absolute atomic E-state index is 11.0. The number of esters is 1. The molecule has 0 bridgehead atoms. The summed E-state index contributed by atoms with van der Waals surface area (Å²) in [5, 5.41) is 0. The molecule has 7 nitrogen and oxygen atoms in total. The Morgan fingerprint density at radius 1 is 1.00 bits per heavy atom. The molecule has 0 rings (SSSR count). The van der Waals surface area contributed by atoms with Gasteiger partial charge in [0.1, 0.15) is 0 Å². The molecule has 0 unspecified atom stereocenters. The van der Waals surface area contributed by atoms with Gasteiger partial charge in [-0.3, -0.25) is 9.59 Å². The van der Waals surface area contributed by atoms with Crippen molar-refractivity contribution in [3.8, 4) is 0 Å². The SMILES string of the molecule is CC=CC(=O)OCCCCO[SiH](OC(C)=O)OC(C)=O. The highest BCUT2D eigenvalue weighted by Gasteiger charge is 2.21. The average molecular weight is 304 g/mol. The Morgan fingerprint density at radius 2 is 1.55 bits per heavy atom. The van der Waals surface area contributed by atoms with Crippen molar-refractivity contribution in [2.45, 2.75) is 33.6 Å². The van der Waals surface area contributed by atoms with Crippen LogP contribution in [0.5, 0.6) is 0 Å². The van der Waals surface area contributed by atoms with E-state index in [4.69, 9.17) is 18.0 Å². The van der Waals surface area contributed by atoms with Gasteiger partial charge in [-0.1, -0.05) is 6.08 Å². The maximum Gasteiger partial charge on any atom is 0.619 e. The third kappa shape index (κ3) is 11.4. The first-order chi connectivity index (χ1) is 9.45. The van der Waals surface area contributed by atoms with Crippen molar-refractivity contribution in [3.63, 3.8) is 0 Å². The lowest BCUT2D eigenvalue weighted by Gasteiger charge is -2.14. The van der Waals surface area contributed by atoms with Crippen molar-refractivity contribution in [2.75, 3.05) is 13.2 Å². The fourth-order valence-corrected chi connectivity index (χ4v) is 2.19. The van der Waals surface area contributed by atoms with Crippen LogP contribution in [0.2, 0.25) is 0 Å². The van der Waals surface area contributed by atoms with Gasteiger partial charge in [0.2, 0.25) is 0 Å². The van der Waals surface area contributed by atoms with E-state index in [-0.39, 0.29) is 19.2 Å². The van der Waals surface area contributed by atoms with E-state index in [1.54, 1.807) is 13.0 Å². The molecular formula is C12H20O7Si. The van der Waals surface area contributed by atoms with Crippen molar-refractivity contribution < 1.29 is 32.4 Å². The van der Waals surface area contributed by atoms with Crippen LogP contribution in [0.25, 0.3) is 0 Å². The van der Waals surface area contributed by atoms with E-state index in [9.17, 15) is 14.4 Å². The van der Waals surface area contributed by atoms with Gasteiger partial charge < -0.3 is 18.0 Å². The highest BCUT2D eigenvalue weighted by Crippen LogP contribution is 1.98. The molecule has 0 aromatic rings. The minimum Gasteiger partial charge on any atom is -0.467 e. The number of rotatable bonds is 9. The lowest BCUT2D eigenvalue weighted by molar-refractivity contribution is -0.141. The van der Waals surface area contributed by atoms with E-state index in [1.807, 2.05) is 0 Å². The zero-order valence-electron chi connectivity index (χ0n) is 11.9. The summed E-state index contributed by atoms with van der Waals surface area (Å²) in [6.07, 6.45) is 4.13. The molecule has 0 saturated carbocycles. The van der Waals surface area contributed by atoms with Crippen molar-refractivity contribution in [2.24, 2.45) is 0 Å². The molecule has 0 radical (unpaired) electrons. The first-order valence-electron chi connectivity index (χ1n) is 6.21. The summed E-state index contributed by atoms with van der Waals surface area (Å²) in [6.45, 7) is 4.70. The monoisotopic (exact) mass is 304 g/mol. The Balaban J connectivity index is 3.75. The predicted octanol–water partition coefficient (Wildman–Crippen LogP) is 0.746. The van der Waals surface area contributed by atoms with Crippen LogP contribution in [0.4, 0.5) is 0 Å². The van der Waals surface area contributed by atoms with Gasteiger partial charge in [0, 0.05) is 26.5 Å². The molecule has 0 aliphatic rings. The smallest absolute Gasteiger partial charge is 0.467 e. The maximum atomic E-state index is 11.0. The van der Waals surface area contributed by atoms with E-state index in [2.05, 4.69) is 0 Å². The number of allylic oxidation sites excluding steroid dienone is 1. The normalized spacial score (nSPS) is 10.6. The number of carbonyl (C=O) groups is 3. The van der Waals surface area contributed by atoms with Crippen LogP contribution < -0.4 is 0 Å². The summed E-state index contributed by atoms with van der Waals surface area (Å²) < 4.78 is 19.7. The van der Waals surface area contributed by atoms with Gasteiger partial charge in [-0.25, -0.2) is 4.79 Å². The molecule has 8 heteroatoms. The van der Waals surface area contributed by atoms with E-state index in [1.165, 1.54) is 19.9 Å². The van der Waals surface area contributed by atoms with Crippen LogP contribution in [-0.4, -0.2) is 40.6 Å². The van der Waals surface area contributed by atoms with E-state index >= 15 is 0 Å². The molecule has 114 valence electrons. The molecule has 0 heterocycles. The Kier molecular flexibility index (Phi) is 10.2. The third-order valence-corrected chi connectivity index (χ3v) is 3.42. The first kappa shape index (κ1) is 18.3. The zero-order chi connectivity index (χ0) is 15.4. The number of carbonyl (C=O) groups excluding carboxylic acids is 3. The molecule has 0 aliphatic carbocycles. The number of hydrogen-bond acceptors (Lipinski definition) is 7. The lowest BCUT2D eigenvalue weighted by Crippen LogP contribution is -2.31. The highest BCUT2D eigenvalue weighted by molar-refractivity contribution is 6.41. The molecule has 0 atom stereocenters. The summed E-state index contributed by atoms with van der Waals surface area (Å²) >= 11 is 0. The molecule has 0 aliphatic heterocycles. The average Bonchev–Trinajstić information content (AvgIpc) is 2.32. The second-order valence-electron chi connectivity index (χ2n) is 3.75. The molecule has 0 fully saturated rings. The van der Waals surface area contributed by atoms with Crippen LogP contribution >= 0.6 is 0 Å². The number of unbranched alkanes of at least 4 members (excludes halogenated alkanes) is 1. The predicted molar refractivity (Wildman–Crippen MR) is 71.6 cm³/mol. The molecule has 0 N–H and O–H groups in total. The number of ether oxygens (including phenoxy) is 1. The molecule has 0 spiro atoms. The van der Waals surface area contributed by atoms with E-state index < -0.39 is 21.5 Å². The molecule has 0 aromatic heterocycles. The molecular weight excluding hydrogens is 284 g/mol. The topological polar surface area (TPSA) is 88.1 Å². The second kappa shape index (κ2) is 11.2. The van der Waals surface area contributed by atoms with Crippen molar-refractivity contribution in [1.82, 2.24) is 0 Å². The summed E-state index contributed by atoms with van der Waals surface area (Å²) in [5.74, 6) is -1.49. The summed E-state index contributed by atoms with van der Waals surface area (Å²) in [4.78, 5) is 32.5. The van der Waals surface area contributed by atoms with Gasteiger partial charge in [0.15, 0.2) is 0 Å². The molecule has 0 saturated heterocycles. The standard InChI is InChI=1S/C12H20O7Si/c1-4-7-12(15)16-8-5-6-9-17-20(18-10(2)13)19-11(3)14/h4,7,20H,5-6,8-9H2,1-3H3. The Bertz CT molecular complexity index is 338. The van der Waals surface area contributed by atoms with E-state index in [0.717, 1.165) is 0 Å². The minimum atomic E-state index is -2.75. The van der Waals surface area contributed by atoms with Crippen LogP contribution in [-0.2, 0) is 32.4 Å². The molecule has 0 amide bonds. The third-order valence-electron chi connectivity index (χ3n) is 1.86. The van der Waals surface area contributed by atoms with Crippen molar-refractivity contribution in [1.29, 1.82) is 0 Å². The van der Waals surface area contributed by atoms with Crippen molar-refractivity contribution in [3.05, 3.63) is 12.2 Å². The van der Waals surface area contributed by atoms with Gasteiger partial charge in [0.05, 0.1) is 6.61 Å². The Labute approximate surface area is 119 Å². The largest absolute Gasteiger partial charge is 0.619 e. The van der Waals surface area contributed by atoms with Gasteiger partial charge in [-0.15, -0.1) is 0 Å². The first-order valence-corrected chi connectivity index (χ1v) is 7.62. The summed E-state index contributed by atoms with van der Waals surface area (Å²) in [6, 6.07) is 0. The molecule has 20 heavy (non-hydrogen) atoms. The van der Waals surface area contributed by atoms with Gasteiger partial charge >= 0.3 is 15.5 Å².